The highest BCUT2D eigenvalue weighted by Crippen LogP contribution is 2.30. The maximum Gasteiger partial charge on any atom is 0.284 e. The number of benzene rings is 2. The largest absolute Gasteiger partial charge is 0.546 e. The van der Waals surface area contributed by atoms with Crippen LogP contribution in [0.2, 0.25) is 0 Å². The number of hydrogen-bond donors (Lipinski definition) is 1. The molecule has 0 radical (unpaired) electrons. The molecule has 8 heteroatoms. The van der Waals surface area contributed by atoms with Crippen molar-refractivity contribution in [3.05, 3.63) is 54.1 Å². The van der Waals surface area contributed by atoms with Crippen molar-refractivity contribution in [2.45, 2.75) is 6.10 Å². The van der Waals surface area contributed by atoms with Gasteiger partial charge in [-0.25, -0.2) is 5.43 Å². The van der Waals surface area contributed by atoms with Crippen LogP contribution in [-0.2, 0) is 9.59 Å². The summed E-state index contributed by atoms with van der Waals surface area (Å²) in [5, 5.41) is 14.2. The molecule has 0 unspecified atom stereocenters. The van der Waals surface area contributed by atoms with Gasteiger partial charge in [0.05, 0.1) is 12.2 Å². The molecular weight excluding hydrogens is 340 g/mol. The lowest BCUT2D eigenvalue weighted by molar-refractivity contribution is -0.307. The second-order valence-corrected chi connectivity index (χ2v) is 5.33. The fourth-order valence-electron chi connectivity index (χ4n) is 2.18. The van der Waals surface area contributed by atoms with Crippen molar-refractivity contribution in [2.24, 2.45) is 5.10 Å². The average molecular weight is 355 g/mol. The summed E-state index contributed by atoms with van der Waals surface area (Å²) in [4.78, 5) is 22.4. The van der Waals surface area contributed by atoms with Gasteiger partial charge in [0.2, 0.25) is 6.10 Å². The predicted octanol–water partition coefficient (Wildman–Crippen LogP) is 0.105. The van der Waals surface area contributed by atoms with E-state index in [1.54, 1.807) is 42.5 Å². The molecule has 0 saturated carbocycles. The Morgan fingerprint density at radius 1 is 1.19 bits per heavy atom. The van der Waals surface area contributed by atoms with Crippen LogP contribution in [0.1, 0.15) is 5.56 Å². The van der Waals surface area contributed by atoms with Gasteiger partial charge in [-0.1, -0.05) is 12.1 Å². The van der Waals surface area contributed by atoms with E-state index in [0.717, 1.165) is 0 Å². The SMILES string of the molecule is O=C([O-])COc1ccc(/C=N\NC(=O)[C@H]2COc3ccccc3O2)cc1. The second kappa shape index (κ2) is 8.02. The second-order valence-electron chi connectivity index (χ2n) is 5.33. The van der Waals surface area contributed by atoms with E-state index < -0.39 is 24.6 Å². The van der Waals surface area contributed by atoms with Crippen molar-refractivity contribution in [3.8, 4) is 17.2 Å². The summed E-state index contributed by atoms with van der Waals surface area (Å²) < 4.78 is 16.0. The monoisotopic (exact) mass is 355 g/mol. The Kier molecular flexibility index (Phi) is 5.33. The van der Waals surface area contributed by atoms with Crippen LogP contribution in [0.5, 0.6) is 17.2 Å². The Hall–Kier alpha value is -3.55. The number of para-hydroxylation sites is 2. The molecule has 0 saturated heterocycles. The van der Waals surface area contributed by atoms with E-state index in [1.807, 2.05) is 6.07 Å². The van der Waals surface area contributed by atoms with Gasteiger partial charge in [0, 0.05) is 0 Å². The van der Waals surface area contributed by atoms with Gasteiger partial charge in [-0.2, -0.15) is 5.10 Å². The number of hydrogen-bond acceptors (Lipinski definition) is 7. The van der Waals surface area contributed by atoms with Gasteiger partial charge in [0.25, 0.3) is 5.91 Å². The van der Waals surface area contributed by atoms with Crippen LogP contribution in [0.3, 0.4) is 0 Å². The summed E-state index contributed by atoms with van der Waals surface area (Å²) in [6.45, 7) is -0.418. The number of rotatable bonds is 6. The molecule has 8 nitrogen and oxygen atoms in total. The maximum atomic E-state index is 12.1. The van der Waals surface area contributed by atoms with Crippen LogP contribution in [-0.4, -0.2) is 37.4 Å². The zero-order chi connectivity index (χ0) is 18.4. The number of carbonyl (C=O) groups excluding carboxylic acids is 2. The predicted molar refractivity (Wildman–Crippen MR) is 89.0 cm³/mol. The van der Waals surface area contributed by atoms with Crippen molar-refractivity contribution in [1.82, 2.24) is 5.43 Å². The molecule has 0 bridgehead atoms. The molecule has 0 spiro atoms. The van der Waals surface area contributed by atoms with E-state index in [9.17, 15) is 14.7 Å². The number of carbonyl (C=O) groups is 2. The van der Waals surface area contributed by atoms with E-state index in [-0.39, 0.29) is 6.61 Å². The minimum absolute atomic E-state index is 0.100. The van der Waals surface area contributed by atoms with Crippen molar-refractivity contribution in [1.29, 1.82) is 0 Å². The van der Waals surface area contributed by atoms with Crippen LogP contribution >= 0.6 is 0 Å². The summed E-state index contributed by atoms with van der Waals surface area (Å²) in [5.74, 6) is -0.225. The summed E-state index contributed by atoms with van der Waals surface area (Å²) in [5.41, 5.74) is 3.09. The van der Waals surface area contributed by atoms with Gasteiger partial charge in [-0.05, 0) is 42.0 Å². The Morgan fingerprint density at radius 2 is 1.92 bits per heavy atom. The van der Waals surface area contributed by atoms with Crippen molar-refractivity contribution >= 4 is 18.1 Å². The smallest absolute Gasteiger partial charge is 0.284 e. The van der Waals surface area contributed by atoms with E-state index in [2.05, 4.69) is 10.5 Å². The first-order chi connectivity index (χ1) is 12.6. The van der Waals surface area contributed by atoms with Crippen molar-refractivity contribution in [3.63, 3.8) is 0 Å². The molecule has 26 heavy (non-hydrogen) atoms. The Balaban J connectivity index is 1.50. The lowest BCUT2D eigenvalue weighted by Gasteiger charge is -2.24. The molecule has 0 aromatic heterocycles. The Morgan fingerprint density at radius 3 is 2.65 bits per heavy atom. The molecular formula is C18H15N2O6-. The number of amides is 1. The van der Waals surface area contributed by atoms with Gasteiger partial charge in [0.1, 0.15) is 19.0 Å². The third kappa shape index (κ3) is 4.50. The quantitative estimate of drug-likeness (QED) is 0.582. The molecule has 0 aliphatic carbocycles. The Labute approximate surface area is 149 Å². The molecule has 2 aromatic carbocycles. The highest BCUT2D eigenvalue weighted by Gasteiger charge is 2.26. The van der Waals surface area contributed by atoms with Gasteiger partial charge >= 0.3 is 0 Å². The van der Waals surface area contributed by atoms with Crippen LogP contribution < -0.4 is 24.7 Å². The van der Waals surface area contributed by atoms with E-state index >= 15 is 0 Å². The standard InChI is InChI=1S/C18H16N2O6/c21-17(22)11-24-13-7-5-12(6-8-13)9-19-20-18(23)16-10-25-14-3-1-2-4-15(14)26-16/h1-9,16H,10-11H2,(H,20,23)(H,21,22)/p-1/b19-9-/t16-/m1/s1. The highest BCUT2D eigenvalue weighted by atomic mass is 16.6. The maximum absolute atomic E-state index is 12.1. The van der Waals surface area contributed by atoms with E-state index in [0.29, 0.717) is 22.8 Å². The van der Waals surface area contributed by atoms with Gasteiger partial charge < -0.3 is 24.1 Å². The van der Waals surface area contributed by atoms with Gasteiger partial charge in [-0.3, -0.25) is 4.79 Å². The van der Waals surface area contributed by atoms with Crippen LogP contribution in [0.25, 0.3) is 0 Å². The molecule has 2 aromatic rings. The average Bonchev–Trinajstić information content (AvgIpc) is 2.67. The first kappa shape index (κ1) is 17.3. The fraction of sp³-hybridized carbons (Fsp3) is 0.167. The number of nitrogens with one attached hydrogen (secondary N) is 1. The van der Waals surface area contributed by atoms with Crippen LogP contribution in [0, 0.1) is 0 Å². The molecule has 1 aliphatic rings. The highest BCUT2D eigenvalue weighted by molar-refractivity contribution is 5.85. The number of fused-ring (bicyclic) bond motifs is 1. The number of aliphatic carboxylic acids is 1. The fourth-order valence-corrected chi connectivity index (χ4v) is 2.18. The first-order valence-corrected chi connectivity index (χ1v) is 7.76. The lowest BCUT2D eigenvalue weighted by Crippen LogP contribution is -2.42. The number of hydrazone groups is 1. The molecule has 1 amide bonds. The molecule has 0 fully saturated rings. The molecule has 1 atom stereocenters. The normalized spacial score (nSPS) is 15.5. The summed E-state index contributed by atoms with van der Waals surface area (Å²) >= 11 is 0. The summed E-state index contributed by atoms with van der Waals surface area (Å²) in [6.07, 6.45) is 0.653. The van der Waals surface area contributed by atoms with E-state index in [1.165, 1.54) is 6.21 Å². The number of carboxylic acid groups (broad SMARTS) is 1. The van der Waals surface area contributed by atoms with Gasteiger partial charge in [-0.15, -0.1) is 0 Å². The molecule has 1 heterocycles. The molecule has 1 N–H and O–H groups in total. The number of carboxylic acids is 1. The third-order valence-corrected chi connectivity index (χ3v) is 3.43. The number of ether oxygens (including phenoxy) is 3. The minimum atomic E-state index is -1.30. The van der Waals surface area contributed by atoms with Crippen LogP contribution in [0.15, 0.2) is 53.6 Å². The zero-order valence-corrected chi connectivity index (χ0v) is 13.6. The van der Waals surface area contributed by atoms with Crippen molar-refractivity contribution in [2.75, 3.05) is 13.2 Å². The third-order valence-electron chi connectivity index (χ3n) is 3.43. The molecule has 134 valence electrons. The summed E-state index contributed by atoms with van der Waals surface area (Å²) in [7, 11) is 0. The summed E-state index contributed by atoms with van der Waals surface area (Å²) in [6, 6.07) is 13.6. The number of nitrogens with zero attached hydrogens (tertiary/aromatic N) is 1. The van der Waals surface area contributed by atoms with Crippen molar-refractivity contribution < 1.29 is 28.9 Å². The Bertz CT molecular complexity index is 819. The molecule has 3 rings (SSSR count). The minimum Gasteiger partial charge on any atom is -0.546 e. The molecule has 1 aliphatic heterocycles. The van der Waals surface area contributed by atoms with E-state index in [4.69, 9.17) is 14.2 Å². The topological polar surface area (TPSA) is 109 Å². The zero-order valence-electron chi connectivity index (χ0n) is 13.6. The van der Waals surface area contributed by atoms with Crippen LogP contribution in [0.4, 0.5) is 0 Å². The first-order valence-electron chi connectivity index (χ1n) is 7.76. The van der Waals surface area contributed by atoms with Gasteiger partial charge in [0.15, 0.2) is 11.5 Å². The lowest BCUT2D eigenvalue weighted by atomic mass is 10.2.